The first kappa shape index (κ1) is 10.9. The second kappa shape index (κ2) is 4.97. The summed E-state index contributed by atoms with van der Waals surface area (Å²) in [6.45, 7) is 1.04. The number of rotatable bonds is 4. The quantitative estimate of drug-likeness (QED) is 0.748. The van der Waals surface area contributed by atoms with Gasteiger partial charge in [-0.05, 0) is 38.1 Å². The first-order valence-corrected chi connectivity index (χ1v) is 6.23. The highest BCUT2D eigenvalue weighted by Crippen LogP contribution is 2.29. The van der Waals surface area contributed by atoms with Crippen LogP contribution in [-0.2, 0) is 4.79 Å². The van der Waals surface area contributed by atoms with E-state index in [1.165, 1.54) is 32.1 Å². The van der Waals surface area contributed by atoms with Crippen molar-refractivity contribution in [3.63, 3.8) is 0 Å². The molecular weight excluding hydrogens is 190 g/mol. The Bertz CT molecular complexity index is 224. The van der Waals surface area contributed by atoms with Gasteiger partial charge in [-0.1, -0.05) is 19.3 Å². The van der Waals surface area contributed by atoms with Crippen LogP contribution in [0.25, 0.3) is 0 Å². The second-order valence-corrected chi connectivity index (χ2v) is 5.04. The van der Waals surface area contributed by atoms with E-state index in [0.717, 1.165) is 25.3 Å². The van der Waals surface area contributed by atoms with Gasteiger partial charge in [0, 0.05) is 6.04 Å². The SMILES string of the molecule is O=C(O)C1CCC1NCC1CCCCC1. The predicted octanol–water partition coefficient (Wildman–Crippen LogP) is 2.02. The number of carboxylic acid groups (broad SMARTS) is 1. The van der Waals surface area contributed by atoms with Crippen LogP contribution in [0.3, 0.4) is 0 Å². The maximum absolute atomic E-state index is 10.8. The average Bonchev–Trinajstić information content (AvgIpc) is 2.17. The molecule has 86 valence electrons. The molecule has 2 N–H and O–H groups in total. The molecule has 2 unspecified atom stereocenters. The first-order chi connectivity index (χ1) is 7.27. The Morgan fingerprint density at radius 3 is 2.40 bits per heavy atom. The van der Waals surface area contributed by atoms with Crippen molar-refractivity contribution in [3.8, 4) is 0 Å². The van der Waals surface area contributed by atoms with Crippen LogP contribution >= 0.6 is 0 Å². The van der Waals surface area contributed by atoms with Gasteiger partial charge < -0.3 is 10.4 Å². The molecular formula is C12H21NO2. The Balaban J connectivity index is 1.67. The summed E-state index contributed by atoms with van der Waals surface area (Å²) in [5, 5.41) is 12.3. The van der Waals surface area contributed by atoms with Gasteiger partial charge in [0.25, 0.3) is 0 Å². The molecule has 2 rings (SSSR count). The molecule has 3 nitrogen and oxygen atoms in total. The van der Waals surface area contributed by atoms with Crippen LogP contribution in [-0.4, -0.2) is 23.7 Å². The van der Waals surface area contributed by atoms with Gasteiger partial charge in [-0.2, -0.15) is 0 Å². The Labute approximate surface area is 91.2 Å². The minimum Gasteiger partial charge on any atom is -0.481 e. The molecule has 2 aliphatic carbocycles. The van der Waals surface area contributed by atoms with E-state index in [1.54, 1.807) is 0 Å². The number of hydrogen-bond acceptors (Lipinski definition) is 2. The van der Waals surface area contributed by atoms with E-state index < -0.39 is 5.97 Å². The fourth-order valence-corrected chi connectivity index (χ4v) is 2.75. The van der Waals surface area contributed by atoms with Crippen LogP contribution in [0.5, 0.6) is 0 Å². The molecule has 0 spiro atoms. The molecule has 0 aliphatic heterocycles. The summed E-state index contributed by atoms with van der Waals surface area (Å²) in [6.07, 6.45) is 8.67. The zero-order chi connectivity index (χ0) is 10.7. The number of nitrogens with one attached hydrogen (secondary N) is 1. The van der Waals surface area contributed by atoms with E-state index in [1.807, 2.05) is 0 Å². The Kier molecular flexibility index (Phi) is 3.62. The van der Waals surface area contributed by atoms with Gasteiger partial charge in [0.15, 0.2) is 0 Å². The van der Waals surface area contributed by atoms with Crippen LogP contribution in [0.4, 0.5) is 0 Å². The van der Waals surface area contributed by atoms with Gasteiger partial charge in [-0.3, -0.25) is 4.79 Å². The molecule has 0 amide bonds. The van der Waals surface area contributed by atoms with Crippen LogP contribution in [0.15, 0.2) is 0 Å². The highest BCUT2D eigenvalue weighted by molar-refractivity contribution is 5.72. The molecule has 2 fully saturated rings. The van der Waals surface area contributed by atoms with E-state index in [4.69, 9.17) is 5.11 Å². The number of hydrogen-bond donors (Lipinski definition) is 2. The van der Waals surface area contributed by atoms with E-state index in [9.17, 15) is 4.79 Å². The summed E-state index contributed by atoms with van der Waals surface area (Å²) in [5.74, 6) is 0.0600. The third-order valence-corrected chi connectivity index (χ3v) is 3.99. The van der Waals surface area contributed by atoms with Crippen LogP contribution in [0.2, 0.25) is 0 Å². The van der Waals surface area contributed by atoms with Crippen LogP contribution in [0, 0.1) is 11.8 Å². The van der Waals surface area contributed by atoms with Crippen molar-refractivity contribution in [2.75, 3.05) is 6.54 Å². The van der Waals surface area contributed by atoms with E-state index in [0.29, 0.717) is 0 Å². The lowest BCUT2D eigenvalue weighted by Gasteiger charge is -2.35. The van der Waals surface area contributed by atoms with Crippen molar-refractivity contribution in [3.05, 3.63) is 0 Å². The summed E-state index contributed by atoms with van der Waals surface area (Å²) in [5.41, 5.74) is 0. The van der Waals surface area contributed by atoms with Crippen LogP contribution in [0.1, 0.15) is 44.9 Å². The highest BCUT2D eigenvalue weighted by Gasteiger charge is 2.36. The Morgan fingerprint density at radius 2 is 1.87 bits per heavy atom. The normalized spacial score (nSPS) is 32.3. The molecule has 2 atom stereocenters. The summed E-state index contributed by atoms with van der Waals surface area (Å²) in [6, 6.07) is 0.254. The molecule has 0 aromatic carbocycles. The molecule has 0 heterocycles. The van der Waals surface area contributed by atoms with Crippen molar-refractivity contribution in [1.82, 2.24) is 5.32 Å². The van der Waals surface area contributed by atoms with Crippen LogP contribution < -0.4 is 5.32 Å². The third kappa shape index (κ3) is 2.71. The lowest BCUT2D eigenvalue weighted by Crippen LogP contribution is -2.49. The zero-order valence-electron chi connectivity index (χ0n) is 9.24. The monoisotopic (exact) mass is 211 g/mol. The Hall–Kier alpha value is -0.570. The van der Waals surface area contributed by atoms with Crippen molar-refractivity contribution in [2.45, 2.75) is 51.0 Å². The molecule has 0 aromatic rings. The largest absolute Gasteiger partial charge is 0.481 e. The lowest BCUT2D eigenvalue weighted by molar-refractivity contribution is -0.146. The summed E-state index contributed by atoms with van der Waals surface area (Å²) in [4.78, 5) is 10.8. The molecule has 0 aromatic heterocycles. The number of carbonyl (C=O) groups is 1. The number of aliphatic carboxylic acids is 1. The topological polar surface area (TPSA) is 49.3 Å². The standard InChI is InChI=1S/C12H21NO2/c14-12(15)10-6-7-11(10)13-8-9-4-2-1-3-5-9/h9-11,13H,1-8H2,(H,14,15). The summed E-state index contributed by atoms with van der Waals surface area (Å²) < 4.78 is 0. The first-order valence-electron chi connectivity index (χ1n) is 6.23. The Morgan fingerprint density at radius 1 is 1.13 bits per heavy atom. The van der Waals surface area contributed by atoms with E-state index >= 15 is 0 Å². The van der Waals surface area contributed by atoms with Gasteiger partial charge in [0.05, 0.1) is 5.92 Å². The van der Waals surface area contributed by atoms with E-state index in [2.05, 4.69) is 5.32 Å². The summed E-state index contributed by atoms with van der Waals surface area (Å²) in [7, 11) is 0. The molecule has 0 radical (unpaired) electrons. The molecule has 2 saturated carbocycles. The molecule has 15 heavy (non-hydrogen) atoms. The van der Waals surface area contributed by atoms with Gasteiger partial charge >= 0.3 is 5.97 Å². The van der Waals surface area contributed by atoms with Gasteiger partial charge in [-0.15, -0.1) is 0 Å². The van der Waals surface area contributed by atoms with Crippen molar-refractivity contribution in [2.24, 2.45) is 11.8 Å². The fourth-order valence-electron chi connectivity index (χ4n) is 2.75. The second-order valence-electron chi connectivity index (χ2n) is 5.04. The zero-order valence-corrected chi connectivity index (χ0v) is 9.24. The maximum Gasteiger partial charge on any atom is 0.308 e. The predicted molar refractivity (Wildman–Crippen MR) is 58.7 cm³/mol. The molecule has 0 saturated heterocycles. The highest BCUT2D eigenvalue weighted by atomic mass is 16.4. The average molecular weight is 211 g/mol. The maximum atomic E-state index is 10.8. The smallest absolute Gasteiger partial charge is 0.308 e. The van der Waals surface area contributed by atoms with Crippen molar-refractivity contribution in [1.29, 1.82) is 0 Å². The van der Waals surface area contributed by atoms with Gasteiger partial charge in [-0.25, -0.2) is 0 Å². The number of carboxylic acids is 1. The van der Waals surface area contributed by atoms with Gasteiger partial charge in [0.1, 0.15) is 0 Å². The third-order valence-electron chi connectivity index (χ3n) is 3.99. The minimum atomic E-state index is -0.623. The van der Waals surface area contributed by atoms with Gasteiger partial charge in [0.2, 0.25) is 0 Å². The molecule has 2 aliphatic rings. The fraction of sp³-hybridized carbons (Fsp3) is 0.917. The lowest BCUT2D eigenvalue weighted by atomic mass is 9.79. The van der Waals surface area contributed by atoms with E-state index in [-0.39, 0.29) is 12.0 Å². The van der Waals surface area contributed by atoms with Crippen molar-refractivity contribution >= 4 is 5.97 Å². The summed E-state index contributed by atoms with van der Waals surface area (Å²) >= 11 is 0. The molecule has 3 heteroatoms. The van der Waals surface area contributed by atoms with Crippen molar-refractivity contribution < 1.29 is 9.90 Å². The molecule has 0 bridgehead atoms. The minimum absolute atomic E-state index is 0.117.